The van der Waals surface area contributed by atoms with Crippen LogP contribution in [0, 0.1) is 11.6 Å². The summed E-state index contributed by atoms with van der Waals surface area (Å²) in [6.07, 6.45) is -3.93. The number of alkyl halides is 3. The fraction of sp³-hybridized carbons (Fsp3) is 0.0800. The Balaban J connectivity index is 2.01. The standard InChI is InChI=1S/C25H13ClF5N3O3/c26-17-2-1-9(27)5-13(17)21-19-14(8-12-11(3-4-33-23(12)36)20(19)24(37)34-21)18-15(22(32)35)6-10(28)7-16(18)25(29,30)31/h1-8,21H,(H2,32,35)(H,33,36)(H,34,37). The Labute approximate surface area is 208 Å². The van der Waals surface area contributed by atoms with E-state index in [-0.39, 0.29) is 38.6 Å². The van der Waals surface area contributed by atoms with Gasteiger partial charge >= 0.3 is 6.18 Å². The van der Waals surface area contributed by atoms with Gasteiger partial charge in [0.25, 0.3) is 11.5 Å². The summed E-state index contributed by atoms with van der Waals surface area (Å²) in [5.74, 6) is -4.28. The number of aromatic amines is 1. The molecule has 37 heavy (non-hydrogen) atoms. The molecule has 0 saturated carbocycles. The van der Waals surface area contributed by atoms with Crippen LogP contribution in [0.25, 0.3) is 21.9 Å². The van der Waals surface area contributed by atoms with Gasteiger partial charge in [-0.3, -0.25) is 14.4 Å². The van der Waals surface area contributed by atoms with Gasteiger partial charge in [-0.25, -0.2) is 8.78 Å². The van der Waals surface area contributed by atoms with Crippen LogP contribution in [0.4, 0.5) is 22.0 Å². The summed E-state index contributed by atoms with van der Waals surface area (Å²) in [7, 11) is 0. The van der Waals surface area contributed by atoms with E-state index < -0.39 is 63.5 Å². The second-order valence-electron chi connectivity index (χ2n) is 8.29. The highest BCUT2D eigenvalue weighted by atomic mass is 35.5. The topological polar surface area (TPSA) is 105 Å². The zero-order valence-electron chi connectivity index (χ0n) is 18.3. The van der Waals surface area contributed by atoms with E-state index in [0.717, 1.165) is 18.2 Å². The zero-order chi connectivity index (χ0) is 26.8. The fourth-order valence-corrected chi connectivity index (χ4v) is 4.89. The molecule has 2 amide bonds. The van der Waals surface area contributed by atoms with Crippen molar-refractivity contribution in [3.8, 4) is 11.1 Å². The van der Waals surface area contributed by atoms with Crippen LogP contribution in [0.3, 0.4) is 0 Å². The van der Waals surface area contributed by atoms with Crippen molar-refractivity contribution in [2.75, 3.05) is 0 Å². The first-order valence-electron chi connectivity index (χ1n) is 10.5. The number of fused-ring (bicyclic) bond motifs is 3. The third-order valence-corrected chi connectivity index (χ3v) is 6.46. The lowest BCUT2D eigenvalue weighted by molar-refractivity contribution is -0.137. The van der Waals surface area contributed by atoms with E-state index in [2.05, 4.69) is 10.3 Å². The average Bonchev–Trinajstić information content (AvgIpc) is 3.17. The molecule has 1 aliphatic heterocycles. The Morgan fingerprint density at radius 2 is 1.68 bits per heavy atom. The fourth-order valence-electron chi connectivity index (χ4n) is 4.66. The molecule has 12 heteroatoms. The van der Waals surface area contributed by atoms with Crippen LogP contribution in [0.15, 0.2) is 53.5 Å². The van der Waals surface area contributed by atoms with Crippen molar-refractivity contribution in [2.45, 2.75) is 12.2 Å². The lowest BCUT2D eigenvalue weighted by atomic mass is 9.83. The summed E-state index contributed by atoms with van der Waals surface area (Å²) >= 11 is 6.26. The molecule has 0 spiro atoms. The molecular weight excluding hydrogens is 521 g/mol. The molecular formula is C25H13ClF5N3O3. The molecule has 1 aliphatic rings. The summed E-state index contributed by atoms with van der Waals surface area (Å²) in [4.78, 5) is 40.4. The molecule has 0 bridgehead atoms. The van der Waals surface area contributed by atoms with Crippen molar-refractivity contribution < 1.29 is 31.5 Å². The van der Waals surface area contributed by atoms with Gasteiger partial charge in [-0.05, 0) is 48.0 Å². The lowest BCUT2D eigenvalue weighted by Gasteiger charge is -2.22. The van der Waals surface area contributed by atoms with E-state index >= 15 is 0 Å². The van der Waals surface area contributed by atoms with Crippen molar-refractivity contribution in [3.05, 3.63) is 103 Å². The summed E-state index contributed by atoms with van der Waals surface area (Å²) in [5.41, 5.74) is 0.695. The van der Waals surface area contributed by atoms with E-state index in [1.807, 2.05) is 0 Å². The number of benzene rings is 3. The predicted octanol–water partition coefficient (Wildman–Crippen LogP) is 5.08. The molecule has 1 unspecified atom stereocenters. The summed E-state index contributed by atoms with van der Waals surface area (Å²) < 4.78 is 70.9. The van der Waals surface area contributed by atoms with E-state index in [0.29, 0.717) is 6.07 Å². The van der Waals surface area contributed by atoms with Crippen molar-refractivity contribution in [2.24, 2.45) is 5.73 Å². The normalized spacial score (nSPS) is 15.1. The van der Waals surface area contributed by atoms with Crippen LogP contribution in [-0.4, -0.2) is 16.8 Å². The Morgan fingerprint density at radius 3 is 2.35 bits per heavy atom. The number of hydrogen-bond donors (Lipinski definition) is 3. The second-order valence-corrected chi connectivity index (χ2v) is 8.70. The van der Waals surface area contributed by atoms with Crippen LogP contribution < -0.4 is 16.6 Å². The van der Waals surface area contributed by atoms with Gasteiger partial charge in [0.15, 0.2) is 0 Å². The number of halogens is 6. The minimum atomic E-state index is -5.17. The number of amides is 2. The maximum Gasteiger partial charge on any atom is 0.417 e. The predicted molar refractivity (Wildman–Crippen MR) is 124 cm³/mol. The van der Waals surface area contributed by atoms with Gasteiger partial charge in [-0.1, -0.05) is 11.6 Å². The van der Waals surface area contributed by atoms with Crippen molar-refractivity contribution >= 4 is 34.2 Å². The Bertz CT molecular complexity index is 1720. The molecule has 3 aromatic carbocycles. The molecule has 1 aromatic heterocycles. The minimum absolute atomic E-state index is 0.00972. The number of carbonyl (C=O) groups is 2. The van der Waals surface area contributed by atoms with Gasteiger partial charge in [0.1, 0.15) is 11.6 Å². The molecule has 2 heterocycles. The largest absolute Gasteiger partial charge is 0.417 e. The van der Waals surface area contributed by atoms with Gasteiger partial charge < -0.3 is 16.0 Å². The number of aromatic nitrogens is 1. The first-order valence-corrected chi connectivity index (χ1v) is 10.9. The first kappa shape index (κ1) is 24.4. The minimum Gasteiger partial charge on any atom is -0.366 e. The zero-order valence-corrected chi connectivity index (χ0v) is 19.0. The highest BCUT2D eigenvalue weighted by molar-refractivity contribution is 6.31. The van der Waals surface area contributed by atoms with Gasteiger partial charge in [0.05, 0.1) is 22.7 Å². The number of H-pyrrole nitrogens is 1. The van der Waals surface area contributed by atoms with E-state index in [4.69, 9.17) is 17.3 Å². The molecule has 0 radical (unpaired) electrons. The van der Waals surface area contributed by atoms with Crippen molar-refractivity contribution in [1.82, 2.24) is 10.3 Å². The summed E-state index contributed by atoms with van der Waals surface area (Å²) in [6, 6.07) is 5.12. The molecule has 0 fully saturated rings. The van der Waals surface area contributed by atoms with Crippen LogP contribution >= 0.6 is 11.6 Å². The van der Waals surface area contributed by atoms with Crippen LogP contribution in [0.5, 0.6) is 0 Å². The smallest absolute Gasteiger partial charge is 0.366 e. The molecule has 5 rings (SSSR count). The van der Waals surface area contributed by atoms with E-state index in [1.165, 1.54) is 18.3 Å². The number of primary amides is 1. The number of pyridine rings is 1. The van der Waals surface area contributed by atoms with Gasteiger partial charge in [0.2, 0.25) is 5.91 Å². The first-order chi connectivity index (χ1) is 17.4. The van der Waals surface area contributed by atoms with Crippen LogP contribution in [0.2, 0.25) is 5.02 Å². The van der Waals surface area contributed by atoms with Gasteiger partial charge in [0, 0.05) is 38.7 Å². The quantitative estimate of drug-likeness (QED) is 0.320. The maximum absolute atomic E-state index is 14.2. The Hall–Kier alpha value is -4.25. The van der Waals surface area contributed by atoms with Crippen molar-refractivity contribution in [1.29, 1.82) is 0 Å². The summed E-state index contributed by atoms with van der Waals surface area (Å²) in [6.45, 7) is 0. The maximum atomic E-state index is 14.2. The number of hydrogen-bond acceptors (Lipinski definition) is 3. The molecule has 188 valence electrons. The molecule has 0 aliphatic carbocycles. The van der Waals surface area contributed by atoms with E-state index in [9.17, 15) is 36.3 Å². The average molecular weight is 534 g/mol. The highest BCUT2D eigenvalue weighted by Crippen LogP contribution is 2.47. The molecule has 4 N–H and O–H groups in total. The Morgan fingerprint density at radius 1 is 0.946 bits per heavy atom. The van der Waals surface area contributed by atoms with Crippen molar-refractivity contribution in [3.63, 3.8) is 0 Å². The monoisotopic (exact) mass is 533 g/mol. The summed E-state index contributed by atoms with van der Waals surface area (Å²) in [5, 5.41) is 2.47. The third-order valence-electron chi connectivity index (χ3n) is 6.12. The molecule has 0 saturated heterocycles. The van der Waals surface area contributed by atoms with Gasteiger partial charge in [-0.2, -0.15) is 13.2 Å². The van der Waals surface area contributed by atoms with Crippen LogP contribution in [0.1, 0.15) is 43.4 Å². The van der Waals surface area contributed by atoms with Crippen LogP contribution in [-0.2, 0) is 6.18 Å². The molecule has 6 nitrogen and oxygen atoms in total. The lowest BCUT2D eigenvalue weighted by Crippen LogP contribution is -2.21. The van der Waals surface area contributed by atoms with Gasteiger partial charge in [-0.15, -0.1) is 0 Å². The number of rotatable bonds is 3. The molecule has 1 atom stereocenters. The molecule has 4 aromatic rings. The SMILES string of the molecule is NC(=O)c1cc(F)cc(C(F)(F)F)c1-c1cc2c(=O)[nH]ccc2c2c1C(c1cc(F)ccc1Cl)NC2=O. The third kappa shape index (κ3) is 3.91. The Kier molecular flexibility index (Phi) is 5.56. The van der Waals surface area contributed by atoms with E-state index in [1.54, 1.807) is 0 Å². The number of nitrogens with one attached hydrogen (secondary N) is 2. The second kappa shape index (κ2) is 8.41. The number of carbonyl (C=O) groups excluding carboxylic acids is 2. The highest BCUT2D eigenvalue weighted by Gasteiger charge is 2.41. The number of nitrogens with two attached hydrogens (primary N) is 1.